The van der Waals surface area contributed by atoms with Crippen LogP contribution in [0.1, 0.15) is 6.92 Å². The molecule has 1 N–H and O–H groups in total. The lowest BCUT2D eigenvalue weighted by atomic mass is 10.1. The lowest BCUT2D eigenvalue weighted by Crippen LogP contribution is -2.36. The number of likely N-dealkylation sites (N-methyl/N-ethyl adjacent to an activating group) is 1. The Morgan fingerprint density at radius 2 is 1.92 bits per heavy atom. The minimum absolute atomic E-state index is 0.525. The quantitative estimate of drug-likeness (QED) is 0.761. The van der Waals surface area contributed by atoms with Crippen LogP contribution in [0.4, 0.5) is 5.69 Å². The van der Waals surface area contributed by atoms with Crippen molar-refractivity contribution in [1.29, 1.82) is 0 Å². The van der Waals surface area contributed by atoms with Crippen LogP contribution >= 0.6 is 0 Å². The van der Waals surface area contributed by atoms with Gasteiger partial charge in [-0.3, -0.25) is 0 Å². The van der Waals surface area contributed by atoms with Crippen LogP contribution in [0.2, 0.25) is 0 Å². The maximum Gasteiger partial charge on any atom is 0.0794 e. The highest BCUT2D eigenvalue weighted by Gasteiger charge is 2.15. The molecule has 0 aliphatic rings. The van der Waals surface area contributed by atoms with Crippen molar-refractivity contribution in [3.05, 3.63) is 37.3 Å². The van der Waals surface area contributed by atoms with Crippen molar-refractivity contribution in [2.75, 3.05) is 18.5 Å². The average Bonchev–Trinajstić information content (AvgIpc) is 2.03. The number of hydrogen-bond donors (Lipinski definition) is 1. The molecule has 1 aromatic rings. The first-order valence-electron chi connectivity index (χ1n) is 4.33. The molecule has 1 radical (unpaired) electrons. The lowest BCUT2D eigenvalue weighted by Gasteiger charge is -2.26. The normalized spacial score (nSPS) is 11.4. The van der Waals surface area contributed by atoms with Gasteiger partial charge in [-0.25, -0.2) is 0 Å². The maximum atomic E-state index is 9.50. The van der Waals surface area contributed by atoms with Gasteiger partial charge in [0.05, 0.1) is 5.60 Å². The standard InChI is InChI=1S/C11H16NO/c1-11(2,13)9-12(3)10-7-5-4-6-8-10/h4-8,13H,1,9H2,2-3H3/t11-/m0/s1. The van der Waals surface area contributed by atoms with E-state index in [9.17, 15) is 5.11 Å². The molecule has 0 unspecified atom stereocenters. The van der Waals surface area contributed by atoms with Gasteiger partial charge in [-0.15, -0.1) is 0 Å². The minimum Gasteiger partial charge on any atom is -0.388 e. The predicted molar refractivity (Wildman–Crippen MR) is 55.7 cm³/mol. The third-order valence-corrected chi connectivity index (χ3v) is 1.77. The molecule has 0 saturated carbocycles. The van der Waals surface area contributed by atoms with Crippen molar-refractivity contribution in [2.45, 2.75) is 12.5 Å². The van der Waals surface area contributed by atoms with Crippen LogP contribution in [0.3, 0.4) is 0 Å². The first kappa shape index (κ1) is 10.1. The molecule has 0 fully saturated rings. The average molecular weight is 178 g/mol. The fourth-order valence-electron chi connectivity index (χ4n) is 1.28. The van der Waals surface area contributed by atoms with Crippen LogP contribution in [0.25, 0.3) is 0 Å². The van der Waals surface area contributed by atoms with E-state index < -0.39 is 5.60 Å². The largest absolute Gasteiger partial charge is 0.388 e. The molecule has 0 aliphatic carbocycles. The molecule has 2 nitrogen and oxygen atoms in total. The van der Waals surface area contributed by atoms with Gasteiger partial charge in [0.15, 0.2) is 0 Å². The molecule has 71 valence electrons. The third kappa shape index (κ3) is 3.47. The SMILES string of the molecule is [CH2][C@@](C)(O)CN(C)c1ccccc1. The zero-order chi connectivity index (χ0) is 9.90. The number of hydrogen-bond acceptors (Lipinski definition) is 2. The van der Waals surface area contributed by atoms with Crippen molar-refractivity contribution < 1.29 is 5.11 Å². The van der Waals surface area contributed by atoms with E-state index in [0.717, 1.165) is 5.69 Å². The Morgan fingerprint density at radius 3 is 2.38 bits per heavy atom. The third-order valence-electron chi connectivity index (χ3n) is 1.77. The summed E-state index contributed by atoms with van der Waals surface area (Å²) in [6, 6.07) is 9.93. The van der Waals surface area contributed by atoms with Gasteiger partial charge in [0.1, 0.15) is 0 Å². The summed E-state index contributed by atoms with van der Waals surface area (Å²) in [5, 5.41) is 9.50. The van der Waals surface area contributed by atoms with Crippen LogP contribution in [0.15, 0.2) is 30.3 Å². The molecule has 0 bridgehead atoms. The predicted octanol–water partition coefficient (Wildman–Crippen LogP) is 1.71. The molecule has 1 aromatic carbocycles. The van der Waals surface area contributed by atoms with E-state index in [1.54, 1.807) is 6.92 Å². The Balaban J connectivity index is 2.64. The fraction of sp³-hybridized carbons (Fsp3) is 0.364. The number of anilines is 1. The maximum absolute atomic E-state index is 9.50. The topological polar surface area (TPSA) is 23.5 Å². The summed E-state index contributed by atoms with van der Waals surface area (Å²) in [6.45, 7) is 5.88. The van der Waals surface area contributed by atoms with E-state index in [4.69, 9.17) is 0 Å². The van der Waals surface area contributed by atoms with E-state index >= 15 is 0 Å². The molecule has 0 saturated heterocycles. The molecular weight excluding hydrogens is 162 g/mol. The Morgan fingerprint density at radius 1 is 1.38 bits per heavy atom. The Hall–Kier alpha value is -1.02. The minimum atomic E-state index is -0.898. The van der Waals surface area contributed by atoms with Crippen LogP contribution in [-0.4, -0.2) is 24.3 Å². The Labute approximate surface area is 79.8 Å². The highest BCUT2D eigenvalue weighted by atomic mass is 16.3. The molecule has 2 heteroatoms. The zero-order valence-electron chi connectivity index (χ0n) is 8.20. The summed E-state index contributed by atoms with van der Waals surface area (Å²) < 4.78 is 0. The highest BCUT2D eigenvalue weighted by Crippen LogP contribution is 2.13. The molecule has 1 atom stereocenters. The molecule has 0 aliphatic heterocycles. The molecular formula is C11H16NO. The zero-order valence-corrected chi connectivity index (χ0v) is 8.20. The first-order chi connectivity index (χ1) is 5.99. The Bertz CT molecular complexity index is 251. The summed E-state index contributed by atoms with van der Waals surface area (Å²) in [5.41, 5.74) is 0.191. The van der Waals surface area contributed by atoms with Gasteiger partial charge in [-0.1, -0.05) is 18.2 Å². The van der Waals surface area contributed by atoms with E-state index in [1.807, 2.05) is 42.3 Å². The number of benzene rings is 1. The van der Waals surface area contributed by atoms with Crippen molar-refractivity contribution in [2.24, 2.45) is 0 Å². The van der Waals surface area contributed by atoms with Crippen LogP contribution < -0.4 is 4.90 Å². The van der Waals surface area contributed by atoms with Gasteiger partial charge < -0.3 is 10.0 Å². The molecule has 0 amide bonds. The van der Waals surface area contributed by atoms with Crippen molar-refractivity contribution in [1.82, 2.24) is 0 Å². The van der Waals surface area contributed by atoms with Crippen molar-refractivity contribution >= 4 is 5.69 Å². The molecule has 0 aromatic heterocycles. The number of aliphatic hydroxyl groups is 1. The van der Waals surface area contributed by atoms with Crippen LogP contribution in [-0.2, 0) is 0 Å². The summed E-state index contributed by atoms with van der Waals surface area (Å²) in [5.74, 6) is 0. The van der Waals surface area contributed by atoms with Gasteiger partial charge in [-0.05, 0) is 26.0 Å². The monoisotopic (exact) mass is 178 g/mol. The number of nitrogens with zero attached hydrogens (tertiary/aromatic N) is 1. The second kappa shape index (κ2) is 3.79. The van der Waals surface area contributed by atoms with Crippen molar-refractivity contribution in [3.63, 3.8) is 0 Å². The molecule has 1 rings (SSSR count). The summed E-state index contributed by atoms with van der Waals surface area (Å²) in [7, 11) is 1.94. The molecule has 13 heavy (non-hydrogen) atoms. The number of rotatable bonds is 3. The lowest BCUT2D eigenvalue weighted by molar-refractivity contribution is 0.117. The van der Waals surface area contributed by atoms with E-state index in [1.165, 1.54) is 0 Å². The Kier molecular flexibility index (Phi) is 2.94. The van der Waals surface area contributed by atoms with Gasteiger partial charge >= 0.3 is 0 Å². The first-order valence-corrected chi connectivity index (χ1v) is 4.33. The van der Waals surface area contributed by atoms with E-state index in [-0.39, 0.29) is 0 Å². The molecule has 0 spiro atoms. The second-order valence-corrected chi connectivity index (χ2v) is 3.69. The number of para-hydroxylation sites is 1. The van der Waals surface area contributed by atoms with Crippen LogP contribution in [0, 0.1) is 6.92 Å². The fourth-order valence-corrected chi connectivity index (χ4v) is 1.28. The molecule has 0 heterocycles. The van der Waals surface area contributed by atoms with Gasteiger partial charge in [0, 0.05) is 19.3 Å². The van der Waals surface area contributed by atoms with Gasteiger partial charge in [0.25, 0.3) is 0 Å². The smallest absolute Gasteiger partial charge is 0.0794 e. The van der Waals surface area contributed by atoms with Crippen molar-refractivity contribution in [3.8, 4) is 0 Å². The van der Waals surface area contributed by atoms with Gasteiger partial charge in [-0.2, -0.15) is 0 Å². The second-order valence-electron chi connectivity index (χ2n) is 3.69. The highest BCUT2D eigenvalue weighted by molar-refractivity contribution is 5.45. The van der Waals surface area contributed by atoms with Crippen LogP contribution in [0.5, 0.6) is 0 Å². The summed E-state index contributed by atoms with van der Waals surface area (Å²) >= 11 is 0. The van der Waals surface area contributed by atoms with Gasteiger partial charge in [0.2, 0.25) is 0 Å². The summed E-state index contributed by atoms with van der Waals surface area (Å²) in [4.78, 5) is 1.98. The van der Waals surface area contributed by atoms with E-state index in [2.05, 4.69) is 6.92 Å². The summed E-state index contributed by atoms with van der Waals surface area (Å²) in [6.07, 6.45) is 0. The van der Waals surface area contributed by atoms with E-state index in [0.29, 0.717) is 6.54 Å².